The molecule has 6 heterocycles. The van der Waals surface area contributed by atoms with E-state index in [9.17, 15) is 33.9 Å². The van der Waals surface area contributed by atoms with Crippen molar-refractivity contribution >= 4 is 63.6 Å². The predicted octanol–water partition coefficient (Wildman–Crippen LogP) is 2.44. The van der Waals surface area contributed by atoms with Crippen molar-refractivity contribution in [3.05, 3.63) is 106 Å². The van der Waals surface area contributed by atoms with Gasteiger partial charge in [-0.05, 0) is 73.4 Å². The van der Waals surface area contributed by atoms with E-state index in [1.807, 2.05) is 41.3 Å². The van der Waals surface area contributed by atoms with Gasteiger partial charge in [0, 0.05) is 68.8 Å². The topological polar surface area (TPSA) is 217 Å². The van der Waals surface area contributed by atoms with E-state index in [1.54, 1.807) is 22.9 Å². The van der Waals surface area contributed by atoms with Crippen molar-refractivity contribution in [1.82, 2.24) is 39.4 Å². The highest BCUT2D eigenvalue weighted by molar-refractivity contribution is 6.23. The molecule has 0 bridgehead atoms. The molecule has 2 saturated heterocycles. The molecular formula is C42H41N11O7. The van der Waals surface area contributed by atoms with Crippen LogP contribution in [-0.4, -0.2) is 108 Å². The van der Waals surface area contributed by atoms with E-state index in [-0.39, 0.29) is 48.4 Å². The maximum absolute atomic E-state index is 13.4. The molecular weight excluding hydrogens is 771 g/mol. The zero-order valence-electron chi connectivity index (χ0n) is 32.5. The lowest BCUT2D eigenvalue weighted by molar-refractivity contribution is -0.136. The fraction of sp³-hybridized carbons (Fsp3) is 0.310. The Morgan fingerprint density at radius 2 is 1.67 bits per heavy atom. The summed E-state index contributed by atoms with van der Waals surface area (Å²) in [5, 5.41) is 19.4. The Morgan fingerprint density at radius 1 is 0.900 bits per heavy atom. The Morgan fingerprint density at radius 3 is 2.43 bits per heavy atom. The molecule has 3 aromatic heterocycles. The molecule has 4 aliphatic rings. The molecule has 2 unspecified atom stereocenters. The smallest absolute Gasteiger partial charge is 0.278 e. The lowest BCUT2D eigenvalue weighted by Crippen LogP contribution is -2.54. The Hall–Kier alpha value is -7.21. The number of hydrogen-bond acceptors (Lipinski definition) is 13. The van der Waals surface area contributed by atoms with Crippen LogP contribution < -0.4 is 26.4 Å². The van der Waals surface area contributed by atoms with Gasteiger partial charge in [-0.25, -0.2) is 19.3 Å². The summed E-state index contributed by atoms with van der Waals surface area (Å²) in [6.45, 7) is 6.72. The summed E-state index contributed by atoms with van der Waals surface area (Å²) in [6, 6.07) is 15.3. The third-order valence-electron chi connectivity index (χ3n) is 11.4. The molecule has 60 heavy (non-hydrogen) atoms. The molecule has 5 aromatic rings. The number of pyridine rings is 1. The summed E-state index contributed by atoms with van der Waals surface area (Å²) in [5.41, 5.74) is 4.35. The third-order valence-corrected chi connectivity index (χ3v) is 11.4. The van der Waals surface area contributed by atoms with Gasteiger partial charge in [0.2, 0.25) is 23.7 Å². The van der Waals surface area contributed by atoms with Gasteiger partial charge < -0.3 is 25.5 Å². The fourth-order valence-electron chi connectivity index (χ4n) is 8.30. The molecule has 5 amide bonds. The third kappa shape index (κ3) is 6.93. The number of nitrogens with zero attached hydrogens (tertiary/aromatic N) is 8. The standard InChI is InChI=1S/C42H41N11O7/c1-2-17-51-39(58)30-23-44-42(48-37(30)53(51)33-13-4-24-3-12-32(54)36(24)46-33)45-25-5-8-27(9-6-25)49-18-20-50(21-19-49)35(56)15-16-43-26-7-10-28-29(22-26)41(60)52(40(28)59)31-11-14-34(55)47-38(31)57/h2,4-10,13,22-23,31-32,43,54H,1,3,11-12,14-21H2,(H,44,45,48)(H,47,55,57). The highest BCUT2D eigenvalue weighted by Crippen LogP contribution is 2.32. The Balaban J connectivity index is 0.790. The number of amides is 5. The zero-order valence-corrected chi connectivity index (χ0v) is 32.5. The van der Waals surface area contributed by atoms with Gasteiger partial charge >= 0.3 is 0 Å². The molecule has 1 aliphatic carbocycles. The quantitative estimate of drug-likeness (QED) is 0.112. The van der Waals surface area contributed by atoms with Gasteiger partial charge in [0.15, 0.2) is 11.5 Å². The number of piperidine rings is 1. The van der Waals surface area contributed by atoms with Crippen molar-refractivity contribution in [3.8, 4) is 5.82 Å². The second-order valence-corrected chi connectivity index (χ2v) is 15.1. The van der Waals surface area contributed by atoms with Crippen molar-refractivity contribution in [3.63, 3.8) is 0 Å². The number of imide groups is 2. The van der Waals surface area contributed by atoms with Crippen molar-refractivity contribution < 1.29 is 29.1 Å². The SMILES string of the molecule is C=CCn1c(=O)c2cnc(Nc3ccc(N4CCN(C(=O)CCNc5ccc6c(c5)C(=O)N(C5CCC(=O)NC5=O)C6=O)CC4)cc3)nc2n1-c1ccc2c(n1)C(O)CC2. The number of piperazine rings is 1. The number of carbonyl (C=O) groups is 5. The van der Waals surface area contributed by atoms with E-state index in [0.717, 1.165) is 28.3 Å². The van der Waals surface area contributed by atoms with Crippen LogP contribution >= 0.6 is 0 Å². The summed E-state index contributed by atoms with van der Waals surface area (Å²) in [7, 11) is 0. The number of allylic oxidation sites excluding steroid dienone is 1. The molecule has 2 atom stereocenters. The molecule has 2 aromatic carbocycles. The number of aliphatic hydroxyl groups excluding tert-OH is 1. The molecule has 3 aliphatic heterocycles. The number of benzene rings is 2. The van der Waals surface area contributed by atoms with Crippen LogP contribution in [0.4, 0.5) is 23.0 Å². The highest BCUT2D eigenvalue weighted by Gasteiger charge is 2.44. The monoisotopic (exact) mass is 811 g/mol. The van der Waals surface area contributed by atoms with Crippen LogP contribution in [0.3, 0.4) is 0 Å². The predicted molar refractivity (Wildman–Crippen MR) is 219 cm³/mol. The zero-order chi connectivity index (χ0) is 41.7. The minimum Gasteiger partial charge on any atom is -0.387 e. The molecule has 2 fully saturated rings. The Bertz CT molecular complexity index is 2660. The van der Waals surface area contributed by atoms with E-state index in [0.29, 0.717) is 73.3 Å². The fourth-order valence-corrected chi connectivity index (χ4v) is 8.30. The molecule has 9 rings (SSSR count). The minimum absolute atomic E-state index is 0.00934. The van der Waals surface area contributed by atoms with Gasteiger partial charge in [0.05, 0.1) is 29.5 Å². The summed E-state index contributed by atoms with van der Waals surface area (Å²) in [5.74, 6) is -1.51. The Labute approximate surface area is 342 Å². The van der Waals surface area contributed by atoms with Crippen molar-refractivity contribution in [2.45, 2.75) is 50.8 Å². The van der Waals surface area contributed by atoms with Crippen LogP contribution in [0.15, 0.2) is 78.2 Å². The average molecular weight is 812 g/mol. The van der Waals surface area contributed by atoms with Crippen LogP contribution in [0.5, 0.6) is 0 Å². The number of aromatic nitrogens is 5. The number of rotatable bonds is 11. The first kappa shape index (κ1) is 38.3. The van der Waals surface area contributed by atoms with Crippen LogP contribution in [0, 0.1) is 0 Å². The first-order valence-electron chi connectivity index (χ1n) is 19.8. The molecule has 18 heteroatoms. The molecule has 306 valence electrons. The second-order valence-electron chi connectivity index (χ2n) is 15.1. The van der Waals surface area contributed by atoms with E-state index in [1.165, 1.54) is 16.9 Å². The minimum atomic E-state index is -1.04. The van der Waals surface area contributed by atoms with Crippen LogP contribution in [0.1, 0.15) is 63.8 Å². The van der Waals surface area contributed by atoms with Crippen molar-refractivity contribution in [2.24, 2.45) is 0 Å². The lowest BCUT2D eigenvalue weighted by atomic mass is 10.0. The number of aliphatic hydroxyl groups is 1. The van der Waals surface area contributed by atoms with Gasteiger partial charge in [0.1, 0.15) is 11.4 Å². The number of fused-ring (bicyclic) bond motifs is 3. The number of anilines is 4. The van der Waals surface area contributed by atoms with Crippen molar-refractivity contribution in [2.75, 3.05) is 48.3 Å². The maximum atomic E-state index is 13.4. The lowest BCUT2D eigenvalue weighted by Gasteiger charge is -2.36. The summed E-state index contributed by atoms with van der Waals surface area (Å²) >= 11 is 0. The summed E-state index contributed by atoms with van der Waals surface area (Å²) in [4.78, 5) is 95.4. The first-order chi connectivity index (χ1) is 29.1. The maximum Gasteiger partial charge on any atom is 0.278 e. The molecule has 0 spiro atoms. The number of nitrogens with one attached hydrogen (secondary N) is 3. The van der Waals surface area contributed by atoms with E-state index in [4.69, 9.17) is 9.97 Å². The average Bonchev–Trinajstić information content (AvgIpc) is 3.85. The molecule has 0 radical (unpaired) electrons. The van der Waals surface area contributed by atoms with Gasteiger partial charge in [-0.1, -0.05) is 12.1 Å². The molecule has 0 saturated carbocycles. The van der Waals surface area contributed by atoms with E-state index >= 15 is 0 Å². The highest BCUT2D eigenvalue weighted by atomic mass is 16.3. The number of carbonyl (C=O) groups excluding carboxylic acids is 5. The van der Waals surface area contributed by atoms with E-state index < -0.39 is 35.8 Å². The van der Waals surface area contributed by atoms with Crippen LogP contribution in [0.2, 0.25) is 0 Å². The van der Waals surface area contributed by atoms with Crippen molar-refractivity contribution in [1.29, 1.82) is 0 Å². The first-order valence-corrected chi connectivity index (χ1v) is 19.8. The molecule has 18 nitrogen and oxygen atoms in total. The Kier molecular flexibility index (Phi) is 9.91. The van der Waals surface area contributed by atoms with Crippen LogP contribution in [-0.2, 0) is 27.3 Å². The number of aryl methyl sites for hydroxylation is 1. The number of hydrogen-bond donors (Lipinski definition) is 4. The van der Waals surface area contributed by atoms with Crippen LogP contribution in [0.25, 0.3) is 16.9 Å². The van der Waals surface area contributed by atoms with Gasteiger partial charge in [-0.15, -0.1) is 6.58 Å². The summed E-state index contributed by atoms with van der Waals surface area (Å²) in [6.07, 6.45) is 4.17. The second kappa shape index (κ2) is 15.5. The van der Waals surface area contributed by atoms with Gasteiger partial charge in [0.25, 0.3) is 17.4 Å². The molecule has 4 N–H and O–H groups in total. The van der Waals surface area contributed by atoms with Gasteiger partial charge in [-0.3, -0.25) is 39.0 Å². The van der Waals surface area contributed by atoms with E-state index in [2.05, 4.69) is 32.4 Å². The normalized spacial score (nSPS) is 18.8. The largest absolute Gasteiger partial charge is 0.387 e. The van der Waals surface area contributed by atoms with Gasteiger partial charge in [-0.2, -0.15) is 4.98 Å². The summed E-state index contributed by atoms with van der Waals surface area (Å²) < 4.78 is 3.14.